The van der Waals surface area contributed by atoms with Gasteiger partial charge in [-0.15, -0.1) is 0 Å². The molecule has 5 nitrogen and oxygen atoms in total. The number of hydrogen-bond donors (Lipinski definition) is 0. The summed E-state index contributed by atoms with van der Waals surface area (Å²) in [4.78, 5) is 31.2. The largest absolute Gasteiger partial charge is 0.312 e. The first kappa shape index (κ1) is 14.5. The Morgan fingerprint density at radius 2 is 2.22 bits per heavy atom. The highest BCUT2D eigenvalue weighted by molar-refractivity contribution is 7.99. The third-order valence-electron chi connectivity index (χ3n) is 4.42. The SMILES string of the molecule is Cc1cc(=O)n2c(n1)SCC2CC(=O)N1CCc2ccccc21. The van der Waals surface area contributed by atoms with Gasteiger partial charge in [0.2, 0.25) is 5.91 Å². The molecule has 0 bridgehead atoms. The van der Waals surface area contributed by atoms with Gasteiger partial charge >= 0.3 is 0 Å². The van der Waals surface area contributed by atoms with Crippen LogP contribution in [0.2, 0.25) is 0 Å². The Balaban J connectivity index is 1.57. The van der Waals surface area contributed by atoms with Crippen LogP contribution in [0.5, 0.6) is 0 Å². The van der Waals surface area contributed by atoms with Gasteiger partial charge in [0.1, 0.15) is 0 Å². The fraction of sp³-hybridized carbons (Fsp3) is 0.353. The summed E-state index contributed by atoms with van der Waals surface area (Å²) in [6.45, 7) is 2.55. The summed E-state index contributed by atoms with van der Waals surface area (Å²) in [5.41, 5.74) is 2.90. The molecule has 1 unspecified atom stereocenters. The Bertz CT molecular complexity index is 846. The van der Waals surface area contributed by atoms with Gasteiger partial charge in [0.25, 0.3) is 5.56 Å². The standard InChI is InChI=1S/C17H17N3O2S/c1-11-8-16(22)20-13(10-23-17(20)18-11)9-15(21)19-7-6-12-4-2-3-5-14(12)19/h2-5,8,13H,6-7,9-10H2,1H3. The molecule has 2 aromatic rings. The molecule has 1 aromatic heterocycles. The van der Waals surface area contributed by atoms with E-state index in [1.807, 2.05) is 30.0 Å². The number of anilines is 1. The molecule has 0 saturated heterocycles. The number of aryl methyl sites for hydroxylation is 1. The highest BCUT2D eigenvalue weighted by Gasteiger charge is 2.31. The molecule has 23 heavy (non-hydrogen) atoms. The van der Waals surface area contributed by atoms with Gasteiger partial charge in [-0.3, -0.25) is 14.2 Å². The predicted octanol–water partition coefficient (Wildman–Crippen LogP) is 2.18. The second-order valence-corrected chi connectivity index (χ2v) is 6.97. The Hall–Kier alpha value is -2.08. The molecule has 0 saturated carbocycles. The van der Waals surface area contributed by atoms with Crippen LogP contribution in [0.4, 0.5) is 5.69 Å². The van der Waals surface area contributed by atoms with Crippen molar-refractivity contribution in [3.63, 3.8) is 0 Å². The highest BCUT2D eigenvalue weighted by Crippen LogP contribution is 2.34. The van der Waals surface area contributed by atoms with E-state index in [1.165, 1.54) is 11.6 Å². The molecule has 4 rings (SSSR count). The first-order chi connectivity index (χ1) is 11.1. The lowest BCUT2D eigenvalue weighted by atomic mass is 10.1. The molecule has 0 radical (unpaired) electrons. The molecule has 1 atom stereocenters. The van der Waals surface area contributed by atoms with Crippen LogP contribution in [-0.2, 0) is 11.2 Å². The van der Waals surface area contributed by atoms with E-state index in [-0.39, 0.29) is 17.5 Å². The molecular formula is C17H17N3O2S. The minimum Gasteiger partial charge on any atom is -0.312 e. The van der Waals surface area contributed by atoms with Gasteiger partial charge in [0.05, 0.1) is 6.04 Å². The number of hydrogen-bond acceptors (Lipinski definition) is 4. The average Bonchev–Trinajstić information content (AvgIpc) is 3.11. The summed E-state index contributed by atoms with van der Waals surface area (Å²) >= 11 is 1.56. The van der Waals surface area contributed by atoms with Crippen molar-refractivity contribution in [1.29, 1.82) is 0 Å². The van der Waals surface area contributed by atoms with Crippen molar-refractivity contribution in [2.45, 2.75) is 31.0 Å². The second kappa shape index (κ2) is 5.53. The van der Waals surface area contributed by atoms with Gasteiger partial charge in [-0.05, 0) is 25.0 Å². The number of carbonyl (C=O) groups excluding carboxylic acids is 1. The van der Waals surface area contributed by atoms with E-state index in [0.717, 1.165) is 35.3 Å². The summed E-state index contributed by atoms with van der Waals surface area (Å²) in [6.07, 6.45) is 1.25. The zero-order valence-corrected chi connectivity index (χ0v) is 13.7. The smallest absolute Gasteiger partial charge is 0.254 e. The van der Waals surface area contributed by atoms with E-state index in [1.54, 1.807) is 16.3 Å². The minimum atomic E-state index is -0.101. The van der Waals surface area contributed by atoms with Crippen LogP contribution in [0.1, 0.15) is 23.7 Å². The van der Waals surface area contributed by atoms with Crippen molar-refractivity contribution in [3.05, 3.63) is 51.9 Å². The van der Waals surface area contributed by atoms with Gasteiger partial charge < -0.3 is 4.90 Å². The number of amides is 1. The van der Waals surface area contributed by atoms with E-state index < -0.39 is 0 Å². The van der Waals surface area contributed by atoms with Crippen LogP contribution in [0.25, 0.3) is 0 Å². The topological polar surface area (TPSA) is 55.2 Å². The molecule has 118 valence electrons. The molecule has 3 heterocycles. The fourth-order valence-electron chi connectivity index (χ4n) is 3.32. The highest BCUT2D eigenvalue weighted by atomic mass is 32.2. The average molecular weight is 327 g/mol. The van der Waals surface area contributed by atoms with E-state index >= 15 is 0 Å². The van der Waals surface area contributed by atoms with Crippen molar-refractivity contribution in [2.75, 3.05) is 17.2 Å². The second-order valence-electron chi connectivity index (χ2n) is 5.98. The zero-order valence-electron chi connectivity index (χ0n) is 12.9. The molecular weight excluding hydrogens is 310 g/mol. The molecule has 0 fully saturated rings. The number of carbonyl (C=O) groups is 1. The molecule has 1 aromatic carbocycles. The lowest BCUT2D eigenvalue weighted by Gasteiger charge is -2.20. The number of nitrogens with zero attached hydrogens (tertiary/aromatic N) is 3. The van der Waals surface area contributed by atoms with Crippen LogP contribution in [-0.4, -0.2) is 27.8 Å². The van der Waals surface area contributed by atoms with Crippen molar-refractivity contribution in [3.8, 4) is 0 Å². The first-order valence-electron chi connectivity index (χ1n) is 7.75. The molecule has 2 aliphatic heterocycles. The number of fused-ring (bicyclic) bond motifs is 2. The Morgan fingerprint density at radius 1 is 1.39 bits per heavy atom. The van der Waals surface area contributed by atoms with Crippen LogP contribution in [0, 0.1) is 6.92 Å². The Labute approximate surface area is 138 Å². The summed E-state index contributed by atoms with van der Waals surface area (Å²) in [7, 11) is 0. The molecule has 6 heteroatoms. The number of rotatable bonds is 2. The Kier molecular flexibility index (Phi) is 3.49. The van der Waals surface area contributed by atoms with Crippen LogP contribution in [0.15, 0.2) is 40.3 Å². The minimum absolute atomic E-state index is 0.0582. The van der Waals surface area contributed by atoms with E-state index in [0.29, 0.717) is 6.42 Å². The zero-order chi connectivity index (χ0) is 16.0. The number of benzene rings is 1. The van der Waals surface area contributed by atoms with Crippen molar-refractivity contribution in [2.24, 2.45) is 0 Å². The van der Waals surface area contributed by atoms with Gasteiger partial charge in [0.15, 0.2) is 5.16 Å². The predicted molar refractivity (Wildman–Crippen MR) is 90.1 cm³/mol. The van der Waals surface area contributed by atoms with Gasteiger partial charge in [-0.2, -0.15) is 0 Å². The van der Waals surface area contributed by atoms with E-state index in [2.05, 4.69) is 11.1 Å². The molecule has 1 amide bonds. The maximum atomic E-state index is 12.7. The Morgan fingerprint density at radius 3 is 3.09 bits per heavy atom. The lowest BCUT2D eigenvalue weighted by molar-refractivity contribution is -0.119. The van der Waals surface area contributed by atoms with Gasteiger partial charge in [-0.25, -0.2) is 4.98 Å². The number of thioether (sulfide) groups is 1. The summed E-state index contributed by atoms with van der Waals surface area (Å²) in [5, 5.41) is 0.731. The number of aromatic nitrogens is 2. The van der Waals surface area contributed by atoms with Crippen molar-refractivity contribution >= 4 is 23.4 Å². The van der Waals surface area contributed by atoms with Crippen molar-refractivity contribution in [1.82, 2.24) is 9.55 Å². The summed E-state index contributed by atoms with van der Waals surface area (Å²) in [6, 6.07) is 9.47. The molecule has 0 spiro atoms. The van der Waals surface area contributed by atoms with Crippen LogP contribution >= 0.6 is 11.8 Å². The summed E-state index contributed by atoms with van der Waals surface area (Å²) < 4.78 is 1.68. The molecule has 0 aliphatic carbocycles. The number of para-hydroxylation sites is 1. The molecule has 2 aliphatic rings. The van der Waals surface area contributed by atoms with E-state index in [4.69, 9.17) is 0 Å². The first-order valence-corrected chi connectivity index (χ1v) is 8.73. The maximum Gasteiger partial charge on any atom is 0.254 e. The van der Waals surface area contributed by atoms with Crippen molar-refractivity contribution < 1.29 is 4.79 Å². The normalized spacial score (nSPS) is 18.8. The van der Waals surface area contributed by atoms with Crippen LogP contribution < -0.4 is 10.5 Å². The van der Waals surface area contributed by atoms with Gasteiger partial charge in [0, 0.05) is 36.2 Å². The van der Waals surface area contributed by atoms with Crippen LogP contribution in [0.3, 0.4) is 0 Å². The third-order valence-corrected chi connectivity index (χ3v) is 5.51. The molecule has 0 N–H and O–H groups in total. The quantitative estimate of drug-likeness (QED) is 0.793. The fourth-order valence-corrected chi connectivity index (χ4v) is 4.52. The summed E-state index contributed by atoms with van der Waals surface area (Å²) in [5.74, 6) is 0.813. The maximum absolute atomic E-state index is 12.7. The monoisotopic (exact) mass is 327 g/mol. The lowest BCUT2D eigenvalue weighted by Crippen LogP contribution is -2.33. The van der Waals surface area contributed by atoms with Gasteiger partial charge in [-0.1, -0.05) is 30.0 Å². The third kappa shape index (κ3) is 2.47. The van der Waals surface area contributed by atoms with E-state index in [9.17, 15) is 9.59 Å².